The first kappa shape index (κ1) is 78.7. The zero-order valence-corrected chi connectivity index (χ0v) is 60.4. The fourth-order valence-corrected chi connectivity index (χ4v) is 15.1. The van der Waals surface area contributed by atoms with E-state index in [2.05, 4.69) is 162 Å². The maximum absolute atomic E-state index is 11.4. The van der Waals surface area contributed by atoms with Crippen molar-refractivity contribution >= 4 is 34.9 Å². The van der Waals surface area contributed by atoms with Gasteiger partial charge in [-0.2, -0.15) is 0 Å². The maximum Gasteiger partial charge on any atom is 0.273 e. The molecule has 12 nitrogen and oxygen atoms in total. The average molecular weight is 1400 g/mol. The van der Waals surface area contributed by atoms with Gasteiger partial charge in [0.15, 0.2) is 23.1 Å². The summed E-state index contributed by atoms with van der Waals surface area (Å²) in [5.74, 6) is 1.26. The van der Waals surface area contributed by atoms with E-state index in [0.29, 0.717) is 85.1 Å². The Hall–Kier alpha value is -9.40. The summed E-state index contributed by atoms with van der Waals surface area (Å²) in [6.45, 7) is 18.4. The summed E-state index contributed by atoms with van der Waals surface area (Å²) in [5, 5.41) is 39.3. The van der Waals surface area contributed by atoms with Crippen LogP contribution in [0, 0.1) is 65.5 Å². The van der Waals surface area contributed by atoms with Crippen LogP contribution >= 0.6 is 0 Å². The van der Waals surface area contributed by atoms with Gasteiger partial charge in [-0.1, -0.05) is 212 Å². The second-order valence-corrected chi connectivity index (χ2v) is 29.1. The van der Waals surface area contributed by atoms with Crippen LogP contribution in [0.25, 0.3) is 6.08 Å². The number of nitro benzene ring substituents is 1. The van der Waals surface area contributed by atoms with Crippen molar-refractivity contribution in [2.45, 2.75) is 210 Å². The molecule has 0 spiro atoms. The van der Waals surface area contributed by atoms with Gasteiger partial charge in [-0.05, 0) is 203 Å². The van der Waals surface area contributed by atoms with Gasteiger partial charge in [0.05, 0.1) is 35.4 Å². The van der Waals surface area contributed by atoms with Gasteiger partial charge < -0.3 is 25.8 Å². The number of carbonyl (C=O) groups excluding carboxylic acids is 4. The number of hydrogen-bond donors (Lipinski definition) is 4. The van der Waals surface area contributed by atoms with E-state index in [1.165, 1.54) is 106 Å². The fraction of sp³-hybridized carbons (Fsp3) is 0.348. The van der Waals surface area contributed by atoms with Crippen LogP contribution in [0.3, 0.4) is 0 Å². The molecule has 0 bridgehead atoms. The van der Waals surface area contributed by atoms with Crippen molar-refractivity contribution in [3.05, 3.63) is 325 Å². The minimum Gasteiger partial charge on any atom is -0.392 e. The Morgan fingerprint density at radius 1 is 0.423 bits per heavy atom. The van der Waals surface area contributed by atoms with Gasteiger partial charge in [-0.15, -0.1) is 0 Å². The predicted molar refractivity (Wildman–Crippen MR) is 419 cm³/mol. The van der Waals surface area contributed by atoms with Gasteiger partial charge >= 0.3 is 0 Å². The van der Waals surface area contributed by atoms with E-state index >= 15 is 0 Å². The first-order valence-electron chi connectivity index (χ1n) is 36.1. The number of fused-ring (bicyclic) bond motifs is 11. The lowest BCUT2D eigenvalue weighted by Crippen LogP contribution is -2.21. The molecule has 0 aromatic heterocycles. The van der Waals surface area contributed by atoms with E-state index in [-0.39, 0.29) is 50.7 Å². The van der Waals surface area contributed by atoms with Crippen LogP contribution < -0.4 is 5.73 Å². The minimum atomic E-state index is -0.412. The van der Waals surface area contributed by atoms with Crippen molar-refractivity contribution < 1.29 is 44.2 Å². The second kappa shape index (κ2) is 34.9. The number of ketones is 4. The monoisotopic (exact) mass is 1400 g/mol. The highest BCUT2D eigenvalue weighted by molar-refractivity contribution is 6.02. The number of aliphatic hydroxyl groups excluding tert-OH is 3. The Morgan fingerprint density at radius 2 is 0.856 bits per heavy atom. The first-order chi connectivity index (χ1) is 48.8. The summed E-state index contributed by atoms with van der Waals surface area (Å²) in [6, 6.07) is 55.4. The number of aryl methyl sites for hydroxylation is 12. The number of benzene rings is 9. The largest absolute Gasteiger partial charge is 0.392 e. The number of nitrogens with two attached hydrogens (primary N) is 1. The van der Waals surface area contributed by atoms with Crippen LogP contribution in [0.5, 0.6) is 0 Å². The molecule has 1 saturated heterocycles. The Balaban J connectivity index is 0.000000136. The van der Waals surface area contributed by atoms with Gasteiger partial charge in [-0.3, -0.25) is 29.3 Å². The van der Waals surface area contributed by atoms with Crippen LogP contribution in [0.4, 0.5) is 5.69 Å². The summed E-state index contributed by atoms with van der Waals surface area (Å²) < 4.78 is 5.43. The quantitative estimate of drug-likeness (QED) is 0.0690. The van der Waals surface area contributed by atoms with Gasteiger partial charge in [0.2, 0.25) is 0 Å². The van der Waals surface area contributed by atoms with Crippen LogP contribution in [0.1, 0.15) is 242 Å². The third-order valence-corrected chi connectivity index (χ3v) is 21.0. The highest BCUT2D eigenvalue weighted by Gasteiger charge is 2.47. The molecule has 19 rings (SSSR count). The zero-order valence-electron chi connectivity index (χ0n) is 60.4. The molecule has 1 heterocycles. The molecule has 9 aromatic carbocycles. The minimum absolute atomic E-state index is 0. The average Bonchev–Trinajstić information content (AvgIpc) is 1.59. The SMILES string of the molecule is C.C.Cc1cc2c(c([N+](=O)[O-])c1)CCC2=O.Cc1ccc2c(c1)C(=O)CC2.Cc1ccc2c(c1)C(=O)CC2.Cc1ccc2c(c1)C(O)CC2.Cc1ccc2c(c1)C1OC1C2.Cc1ccc2c(c1)C=CC2.Cc1ccc2c(c1)[C@@H](C)[C@H](O)C2.Cc1ccc2c(c1)[C@@H](N)[C@H](O)C2.O=C1CCc2ccccc21. The van der Waals surface area contributed by atoms with Crippen LogP contribution in [-0.2, 0) is 62.5 Å². The third-order valence-electron chi connectivity index (χ3n) is 21.0. The molecular formula is C92H104N2O10. The number of nitrogens with zero attached hydrogens (tertiary/aromatic N) is 1. The van der Waals surface area contributed by atoms with Gasteiger partial charge in [0.25, 0.3) is 5.69 Å². The van der Waals surface area contributed by atoms with Crippen molar-refractivity contribution in [2.75, 3.05) is 0 Å². The van der Waals surface area contributed by atoms with E-state index < -0.39 is 4.92 Å². The lowest BCUT2D eigenvalue weighted by molar-refractivity contribution is -0.385. The lowest BCUT2D eigenvalue weighted by atomic mass is 10.0. The molecule has 0 radical (unpaired) electrons. The zero-order chi connectivity index (χ0) is 72.6. The van der Waals surface area contributed by atoms with Gasteiger partial charge in [0, 0.05) is 78.3 Å². The standard InChI is InChI=1S/C11H14O.C10H9NO3.C10H13NO.C10H10O.C10H12O.2C10H10O.C10H10.C9H8O.2CH4/c1-7-3-4-9-6-11(12)8(2)10(9)5-7;1-6-4-8-7(2-3-10(8)12)9(5-6)11(13)14;1-6-2-3-7-5-9(12)10(11)8(7)4-6;1-6-2-3-7-5-9-10(11-9)8(7)4-6;3*1-7-2-3-8-4-5-10(11)9(8)6-7;1-8-5-6-9-3-2-4-10(9)7-8;10-9-6-5-7-3-1-2-4-8(7)9;;/h3-5,8,11-12H,6H2,1-2H3;4-5H,2-3H2,1H3;2-4,9-10,12H,5,11H2,1H3;2-4,9-10H,5H2,1H3;2-3,6,10-11H,4-5H2,1H3;2*2-3,6H,4-5H2,1H3;2,4-7H,3H2,1H3;1-4H,5-6H2;2*1H4/t8-,11-;;9-,10-;;;;;;;;/m1.1......../s1. The van der Waals surface area contributed by atoms with E-state index in [0.717, 1.165) is 84.7 Å². The number of rotatable bonds is 1. The summed E-state index contributed by atoms with van der Waals surface area (Å²) in [6.07, 6.45) is 16.2. The molecule has 12 heteroatoms. The Morgan fingerprint density at radius 3 is 1.43 bits per heavy atom. The number of carbonyl (C=O) groups is 4. The molecule has 542 valence electrons. The van der Waals surface area contributed by atoms with Crippen LogP contribution in [0.2, 0.25) is 0 Å². The van der Waals surface area contributed by atoms with Gasteiger partial charge in [0.1, 0.15) is 6.10 Å². The molecule has 1 aliphatic heterocycles. The molecule has 9 aliphatic carbocycles. The summed E-state index contributed by atoms with van der Waals surface area (Å²) in [4.78, 5) is 55.2. The highest BCUT2D eigenvalue weighted by atomic mass is 16.6. The van der Waals surface area contributed by atoms with E-state index in [1.807, 2.05) is 57.2 Å². The number of nitro groups is 1. The Labute approximate surface area is 615 Å². The van der Waals surface area contributed by atoms with E-state index in [9.17, 15) is 44.6 Å². The Bertz CT molecular complexity index is 4520. The summed E-state index contributed by atoms with van der Waals surface area (Å²) in [7, 11) is 0. The van der Waals surface area contributed by atoms with Crippen LogP contribution in [-0.4, -0.2) is 61.7 Å². The number of aliphatic hydroxyl groups is 3. The van der Waals surface area contributed by atoms with E-state index in [4.69, 9.17) is 10.5 Å². The van der Waals surface area contributed by atoms with Crippen molar-refractivity contribution in [3.63, 3.8) is 0 Å². The normalized spacial score (nSPS) is 19.8. The summed E-state index contributed by atoms with van der Waals surface area (Å²) >= 11 is 0. The molecule has 3 unspecified atom stereocenters. The van der Waals surface area contributed by atoms with Crippen LogP contribution in [0.15, 0.2) is 170 Å². The number of ether oxygens (including phenoxy) is 1. The highest BCUT2D eigenvalue weighted by Crippen LogP contribution is 2.49. The molecule has 10 aliphatic rings. The maximum atomic E-state index is 11.4. The number of allylic oxidation sites excluding steroid dienone is 1. The smallest absolute Gasteiger partial charge is 0.273 e. The lowest BCUT2D eigenvalue weighted by Gasteiger charge is -2.08. The molecule has 0 saturated carbocycles. The molecule has 7 atom stereocenters. The summed E-state index contributed by atoms with van der Waals surface area (Å²) in [5.41, 5.74) is 36.3. The molecule has 0 amide bonds. The second-order valence-electron chi connectivity index (χ2n) is 29.1. The predicted octanol–water partition coefficient (Wildman–Crippen LogP) is 18.8. The van der Waals surface area contributed by atoms with Crippen molar-refractivity contribution in [1.82, 2.24) is 0 Å². The van der Waals surface area contributed by atoms with Gasteiger partial charge in [-0.25, -0.2) is 0 Å². The molecule has 9 aromatic rings. The number of epoxide rings is 1. The van der Waals surface area contributed by atoms with E-state index in [1.54, 1.807) is 13.0 Å². The van der Waals surface area contributed by atoms with Crippen molar-refractivity contribution in [3.8, 4) is 0 Å². The Kier molecular flexibility index (Phi) is 26.4. The number of Topliss-reactive ketones (excluding diaryl/α,β-unsaturated/α-hetero) is 4. The molecular weight excluding hydrogens is 1290 g/mol. The number of hydrogen-bond acceptors (Lipinski definition) is 11. The molecule has 1 fully saturated rings. The fourth-order valence-electron chi connectivity index (χ4n) is 15.1. The van der Waals surface area contributed by atoms with Crippen molar-refractivity contribution in [1.29, 1.82) is 0 Å². The molecule has 104 heavy (non-hydrogen) atoms. The topological polar surface area (TPSA) is 211 Å². The third kappa shape index (κ3) is 19.1. The first-order valence-corrected chi connectivity index (χ1v) is 36.1. The van der Waals surface area contributed by atoms with Crippen molar-refractivity contribution in [2.24, 2.45) is 5.73 Å². The molecule has 5 N–H and O–H groups in total.